The van der Waals surface area contributed by atoms with Crippen molar-refractivity contribution in [2.75, 3.05) is 18.5 Å². The second kappa shape index (κ2) is 8.71. The summed E-state index contributed by atoms with van der Waals surface area (Å²) in [6.45, 7) is 3.77. The van der Waals surface area contributed by atoms with Crippen LogP contribution in [0.4, 0.5) is 15.9 Å². The van der Waals surface area contributed by atoms with Crippen molar-refractivity contribution in [1.29, 1.82) is 0 Å². The monoisotopic (exact) mass is 522 g/mol. The number of aromatic nitrogens is 2. The fraction of sp³-hybridized carbons (Fsp3) is 0.100. The zero-order valence-electron chi connectivity index (χ0n) is 15.5. The summed E-state index contributed by atoms with van der Waals surface area (Å²) in [4.78, 5) is 22.3. The summed E-state index contributed by atoms with van der Waals surface area (Å²) in [6.07, 6.45) is 5.92. The first-order valence-corrected chi connectivity index (χ1v) is 9.90. The highest BCUT2D eigenvalue weighted by Crippen LogP contribution is 2.33. The predicted octanol–water partition coefficient (Wildman–Crippen LogP) is 4.39. The van der Waals surface area contributed by atoms with Gasteiger partial charge in [0.25, 0.3) is 5.91 Å². The van der Waals surface area contributed by atoms with E-state index in [9.17, 15) is 9.18 Å². The van der Waals surface area contributed by atoms with Crippen molar-refractivity contribution < 1.29 is 23.2 Å². The molecule has 0 aliphatic carbocycles. The average Bonchev–Trinajstić information content (AvgIpc) is 3.38. The van der Waals surface area contributed by atoms with E-state index in [-0.39, 0.29) is 30.3 Å². The molecule has 4 aromatic rings. The Morgan fingerprint density at radius 3 is 3.03 bits per heavy atom. The standard InChI is InChI=1S/C20H16FIN4O4/c1-2-28-7-8-30-25-20(27)17-18-13(5-6-29-18)16-10-23-11-26(16)19(17)24-15-4-3-12(22)9-14(15)21/h2-6,9-11,24H,1,7-8H2,(H,25,27). The van der Waals surface area contributed by atoms with Crippen molar-refractivity contribution in [2.45, 2.75) is 0 Å². The molecular formula is C20H16FIN4O4. The first-order chi connectivity index (χ1) is 14.6. The van der Waals surface area contributed by atoms with Gasteiger partial charge in [-0.05, 0) is 46.9 Å². The summed E-state index contributed by atoms with van der Waals surface area (Å²) in [5.74, 6) is -0.745. The van der Waals surface area contributed by atoms with Crippen LogP contribution in [0.2, 0.25) is 0 Å². The second-order valence-corrected chi connectivity index (χ2v) is 7.35. The Bertz CT molecular complexity index is 1240. The number of carbonyl (C=O) groups is 1. The lowest BCUT2D eigenvalue weighted by atomic mass is 10.1. The first-order valence-electron chi connectivity index (χ1n) is 8.82. The Kier molecular flexibility index (Phi) is 5.86. The number of benzene rings is 1. The third kappa shape index (κ3) is 3.83. The van der Waals surface area contributed by atoms with Gasteiger partial charge in [-0.2, -0.15) is 0 Å². The number of hydrogen-bond acceptors (Lipinski definition) is 6. The van der Waals surface area contributed by atoms with Gasteiger partial charge in [0.05, 0.1) is 29.9 Å². The summed E-state index contributed by atoms with van der Waals surface area (Å²) in [7, 11) is 0. The normalized spacial score (nSPS) is 11.0. The highest BCUT2D eigenvalue weighted by atomic mass is 127. The number of imidazole rings is 1. The van der Waals surface area contributed by atoms with Gasteiger partial charge in [0.1, 0.15) is 36.7 Å². The van der Waals surface area contributed by atoms with E-state index < -0.39 is 11.7 Å². The van der Waals surface area contributed by atoms with Crippen LogP contribution in [-0.2, 0) is 9.57 Å². The molecule has 0 spiro atoms. The number of halogens is 2. The number of ether oxygens (including phenoxy) is 1. The Labute approximate surface area is 183 Å². The number of nitrogens with one attached hydrogen (secondary N) is 2. The quantitative estimate of drug-likeness (QED) is 0.155. The molecule has 0 saturated carbocycles. The maximum absolute atomic E-state index is 14.5. The van der Waals surface area contributed by atoms with Crippen LogP contribution in [0.1, 0.15) is 10.4 Å². The highest BCUT2D eigenvalue weighted by molar-refractivity contribution is 14.1. The SMILES string of the molecule is C=COCCONC(=O)c1c(Nc2ccc(I)cc2F)n2cncc2c2ccoc12. The first kappa shape index (κ1) is 20.2. The number of nitrogens with zero attached hydrogens (tertiary/aromatic N) is 2. The molecule has 0 unspecified atom stereocenters. The van der Waals surface area contributed by atoms with E-state index >= 15 is 0 Å². The maximum atomic E-state index is 14.5. The maximum Gasteiger partial charge on any atom is 0.282 e. The summed E-state index contributed by atoms with van der Waals surface area (Å²) in [6, 6.07) is 6.47. The smallest absolute Gasteiger partial charge is 0.282 e. The molecule has 0 atom stereocenters. The third-order valence-electron chi connectivity index (χ3n) is 4.28. The summed E-state index contributed by atoms with van der Waals surface area (Å²) < 4.78 is 27.5. The zero-order chi connectivity index (χ0) is 21.1. The third-order valence-corrected chi connectivity index (χ3v) is 4.95. The zero-order valence-corrected chi connectivity index (χ0v) is 17.7. The van der Waals surface area contributed by atoms with Crippen molar-refractivity contribution in [3.63, 3.8) is 0 Å². The predicted molar refractivity (Wildman–Crippen MR) is 117 cm³/mol. The largest absolute Gasteiger partial charge is 0.499 e. The number of anilines is 2. The number of hydroxylamine groups is 1. The van der Waals surface area contributed by atoms with Crippen LogP contribution in [0.25, 0.3) is 16.5 Å². The van der Waals surface area contributed by atoms with Crippen LogP contribution < -0.4 is 10.8 Å². The van der Waals surface area contributed by atoms with Crippen LogP contribution in [0.5, 0.6) is 0 Å². The summed E-state index contributed by atoms with van der Waals surface area (Å²) >= 11 is 2.02. The minimum Gasteiger partial charge on any atom is -0.499 e. The van der Waals surface area contributed by atoms with E-state index in [0.29, 0.717) is 16.5 Å². The van der Waals surface area contributed by atoms with Crippen molar-refractivity contribution in [3.8, 4) is 0 Å². The molecule has 30 heavy (non-hydrogen) atoms. The second-order valence-electron chi connectivity index (χ2n) is 6.10. The van der Waals surface area contributed by atoms with Crippen LogP contribution in [0.3, 0.4) is 0 Å². The number of rotatable bonds is 8. The molecule has 4 rings (SSSR count). The summed E-state index contributed by atoms with van der Waals surface area (Å²) in [5.41, 5.74) is 3.72. The van der Waals surface area contributed by atoms with E-state index in [1.54, 1.807) is 28.8 Å². The van der Waals surface area contributed by atoms with Crippen LogP contribution in [0.15, 0.2) is 60.3 Å². The number of amides is 1. The lowest BCUT2D eigenvalue weighted by Gasteiger charge is -2.16. The van der Waals surface area contributed by atoms with Gasteiger partial charge in [-0.25, -0.2) is 14.9 Å². The van der Waals surface area contributed by atoms with Gasteiger partial charge in [-0.15, -0.1) is 0 Å². The van der Waals surface area contributed by atoms with Gasteiger partial charge in [-0.3, -0.25) is 14.0 Å². The van der Waals surface area contributed by atoms with E-state index in [2.05, 4.69) is 22.4 Å². The van der Waals surface area contributed by atoms with Crippen LogP contribution in [-0.4, -0.2) is 28.5 Å². The minimum atomic E-state index is -0.572. The topological polar surface area (TPSA) is 90.0 Å². The molecule has 0 aliphatic heterocycles. The van der Waals surface area contributed by atoms with E-state index in [0.717, 1.165) is 3.57 Å². The van der Waals surface area contributed by atoms with Crippen LogP contribution >= 0.6 is 22.6 Å². The lowest BCUT2D eigenvalue weighted by Crippen LogP contribution is -2.27. The Morgan fingerprint density at radius 2 is 2.23 bits per heavy atom. The molecule has 0 radical (unpaired) electrons. The van der Waals surface area contributed by atoms with E-state index in [1.165, 1.54) is 24.9 Å². The number of furan rings is 1. The van der Waals surface area contributed by atoms with Crippen molar-refractivity contribution in [1.82, 2.24) is 14.9 Å². The molecule has 8 nitrogen and oxygen atoms in total. The van der Waals surface area contributed by atoms with Gasteiger partial charge >= 0.3 is 0 Å². The van der Waals surface area contributed by atoms with Crippen molar-refractivity contribution in [2.24, 2.45) is 0 Å². The van der Waals surface area contributed by atoms with E-state index in [1.807, 2.05) is 22.6 Å². The van der Waals surface area contributed by atoms with Crippen LogP contribution in [0, 0.1) is 9.39 Å². The molecule has 2 N–H and O–H groups in total. The fourth-order valence-corrected chi connectivity index (χ4v) is 3.45. The Balaban J connectivity index is 1.78. The van der Waals surface area contributed by atoms with Gasteiger partial charge < -0.3 is 14.5 Å². The molecule has 154 valence electrons. The molecule has 1 aromatic carbocycles. The fourth-order valence-electron chi connectivity index (χ4n) is 3.00. The van der Waals surface area contributed by atoms with Crippen molar-refractivity contribution in [3.05, 3.63) is 70.8 Å². The van der Waals surface area contributed by atoms with E-state index in [4.69, 9.17) is 14.0 Å². The molecule has 0 saturated heterocycles. The molecule has 3 heterocycles. The highest BCUT2D eigenvalue weighted by Gasteiger charge is 2.24. The molecule has 1 amide bonds. The molecule has 0 fully saturated rings. The molecule has 0 bridgehead atoms. The van der Waals surface area contributed by atoms with Gasteiger partial charge in [0, 0.05) is 8.96 Å². The number of hydrogen-bond donors (Lipinski definition) is 2. The Hall–Kier alpha value is -3.12. The molecule has 3 aromatic heterocycles. The van der Waals surface area contributed by atoms with Gasteiger partial charge in [0.2, 0.25) is 0 Å². The summed E-state index contributed by atoms with van der Waals surface area (Å²) in [5, 5.41) is 3.68. The number of carbonyl (C=O) groups excluding carboxylic acids is 1. The molecule has 0 aliphatic rings. The Morgan fingerprint density at radius 1 is 1.37 bits per heavy atom. The molecule has 10 heteroatoms. The molecular weight excluding hydrogens is 506 g/mol. The average molecular weight is 522 g/mol. The van der Waals surface area contributed by atoms with Gasteiger partial charge in [-0.1, -0.05) is 6.58 Å². The lowest BCUT2D eigenvalue weighted by molar-refractivity contribution is 0.0145. The van der Waals surface area contributed by atoms with Crippen molar-refractivity contribution >= 4 is 56.5 Å². The number of fused-ring (bicyclic) bond motifs is 3. The number of pyridine rings is 1. The van der Waals surface area contributed by atoms with Gasteiger partial charge in [0.15, 0.2) is 5.58 Å². The minimum absolute atomic E-state index is 0.112.